The van der Waals surface area contributed by atoms with Crippen molar-refractivity contribution < 1.29 is 9.53 Å². The summed E-state index contributed by atoms with van der Waals surface area (Å²) in [6.07, 6.45) is 1.58. The smallest absolute Gasteiger partial charge is 0.266 e. The minimum Gasteiger partial charge on any atom is -0.489 e. The Bertz CT molecular complexity index is 1370. The van der Waals surface area contributed by atoms with Gasteiger partial charge in [-0.2, -0.15) is 5.26 Å². The maximum atomic E-state index is 12.6. The van der Waals surface area contributed by atoms with Gasteiger partial charge in [-0.1, -0.05) is 66.7 Å². The van der Waals surface area contributed by atoms with Gasteiger partial charge in [0.15, 0.2) is 0 Å². The van der Waals surface area contributed by atoms with Crippen LogP contribution in [0.2, 0.25) is 0 Å². The molecule has 0 aromatic heterocycles. The van der Waals surface area contributed by atoms with Gasteiger partial charge in [0, 0.05) is 5.69 Å². The molecule has 4 aromatic carbocycles. The van der Waals surface area contributed by atoms with Gasteiger partial charge in [-0.3, -0.25) is 4.79 Å². The lowest BCUT2D eigenvalue weighted by Crippen LogP contribution is -2.14. The molecule has 0 aliphatic rings. The highest BCUT2D eigenvalue weighted by atomic mass is 16.5. The molecular weight excluding hydrogens is 408 g/mol. The fourth-order valence-corrected chi connectivity index (χ4v) is 3.62. The molecule has 162 valence electrons. The number of fused-ring (bicyclic) bond motifs is 1. The standard InChI is InChI=1S/C29H24N2O2/c1-20-10-11-21(2)28(16-20)31-29(32)25(18-30)17-22-12-14-26(15-13-22)33-19-24-8-5-7-23-6-3-4-9-27(23)24/h3-17H,19H2,1-2H3,(H,31,32)/b25-17+. The van der Waals surface area contributed by atoms with Crippen LogP contribution in [0, 0.1) is 25.2 Å². The van der Waals surface area contributed by atoms with Crippen molar-refractivity contribution in [3.8, 4) is 11.8 Å². The molecular formula is C29H24N2O2. The zero-order valence-corrected chi connectivity index (χ0v) is 18.6. The van der Waals surface area contributed by atoms with Crippen molar-refractivity contribution in [2.24, 2.45) is 0 Å². The number of benzene rings is 4. The van der Waals surface area contributed by atoms with Crippen LogP contribution in [0.15, 0.2) is 90.5 Å². The van der Waals surface area contributed by atoms with E-state index in [1.165, 1.54) is 10.8 Å². The molecule has 0 bridgehead atoms. The Labute approximate surface area is 193 Å². The summed E-state index contributed by atoms with van der Waals surface area (Å²) in [5, 5.41) is 14.7. The third-order valence-electron chi connectivity index (χ3n) is 5.47. The largest absolute Gasteiger partial charge is 0.489 e. The lowest BCUT2D eigenvalue weighted by molar-refractivity contribution is -0.112. The van der Waals surface area contributed by atoms with Crippen LogP contribution in [-0.2, 0) is 11.4 Å². The van der Waals surface area contributed by atoms with Crippen molar-refractivity contribution in [3.63, 3.8) is 0 Å². The van der Waals surface area contributed by atoms with Crippen LogP contribution in [-0.4, -0.2) is 5.91 Å². The van der Waals surface area contributed by atoms with E-state index in [2.05, 4.69) is 29.6 Å². The Balaban J connectivity index is 1.44. The number of hydrogen-bond donors (Lipinski definition) is 1. The summed E-state index contributed by atoms with van der Waals surface area (Å²) >= 11 is 0. The Morgan fingerprint density at radius 1 is 0.970 bits per heavy atom. The number of hydrogen-bond acceptors (Lipinski definition) is 3. The molecule has 4 heteroatoms. The van der Waals surface area contributed by atoms with Gasteiger partial charge >= 0.3 is 0 Å². The van der Waals surface area contributed by atoms with Gasteiger partial charge in [0.25, 0.3) is 5.91 Å². The highest BCUT2D eigenvalue weighted by Gasteiger charge is 2.11. The predicted octanol–water partition coefficient (Wildman–Crippen LogP) is 6.58. The number of nitrogens with one attached hydrogen (secondary N) is 1. The Morgan fingerprint density at radius 3 is 2.52 bits per heavy atom. The normalized spacial score (nSPS) is 11.1. The van der Waals surface area contributed by atoms with Gasteiger partial charge in [0.2, 0.25) is 0 Å². The highest BCUT2D eigenvalue weighted by molar-refractivity contribution is 6.10. The SMILES string of the molecule is Cc1ccc(C)c(NC(=O)/C(C#N)=C/c2ccc(OCc3cccc4ccccc34)cc2)c1. The average molecular weight is 433 g/mol. The first kappa shape index (κ1) is 21.9. The van der Waals surface area contributed by atoms with E-state index in [0.29, 0.717) is 12.3 Å². The lowest BCUT2D eigenvalue weighted by Gasteiger charge is -2.10. The average Bonchev–Trinajstić information content (AvgIpc) is 2.84. The zero-order valence-electron chi connectivity index (χ0n) is 18.6. The maximum absolute atomic E-state index is 12.6. The number of carbonyl (C=O) groups is 1. The fraction of sp³-hybridized carbons (Fsp3) is 0.103. The number of nitrogens with zero attached hydrogens (tertiary/aromatic N) is 1. The Hall–Kier alpha value is -4.36. The molecule has 0 unspecified atom stereocenters. The van der Waals surface area contributed by atoms with E-state index in [1.54, 1.807) is 6.08 Å². The number of carbonyl (C=O) groups excluding carboxylic acids is 1. The molecule has 4 rings (SSSR count). The second kappa shape index (κ2) is 9.84. The first-order valence-electron chi connectivity index (χ1n) is 10.7. The fourth-order valence-electron chi connectivity index (χ4n) is 3.62. The second-order valence-corrected chi connectivity index (χ2v) is 7.94. The summed E-state index contributed by atoms with van der Waals surface area (Å²) in [6.45, 7) is 4.33. The number of ether oxygens (including phenoxy) is 1. The number of nitriles is 1. The second-order valence-electron chi connectivity index (χ2n) is 7.94. The van der Waals surface area contributed by atoms with Crippen LogP contribution in [0.25, 0.3) is 16.8 Å². The summed E-state index contributed by atoms with van der Waals surface area (Å²) in [6, 6.07) is 29.6. The van der Waals surface area contributed by atoms with Crippen molar-refractivity contribution in [2.45, 2.75) is 20.5 Å². The zero-order chi connectivity index (χ0) is 23.2. The number of aryl methyl sites for hydroxylation is 2. The molecule has 1 N–H and O–H groups in total. The van der Waals surface area contributed by atoms with E-state index in [4.69, 9.17) is 4.74 Å². The van der Waals surface area contributed by atoms with Gasteiger partial charge < -0.3 is 10.1 Å². The molecule has 0 aliphatic carbocycles. The van der Waals surface area contributed by atoms with Gasteiger partial charge in [0.05, 0.1) is 0 Å². The van der Waals surface area contributed by atoms with Crippen LogP contribution in [0.3, 0.4) is 0 Å². The van der Waals surface area contributed by atoms with E-state index in [9.17, 15) is 10.1 Å². The molecule has 4 aromatic rings. The van der Waals surface area contributed by atoms with Crippen molar-refractivity contribution in [2.75, 3.05) is 5.32 Å². The summed E-state index contributed by atoms with van der Waals surface area (Å²) < 4.78 is 5.97. The molecule has 4 nitrogen and oxygen atoms in total. The van der Waals surface area contributed by atoms with Crippen LogP contribution in [0.5, 0.6) is 5.75 Å². The summed E-state index contributed by atoms with van der Waals surface area (Å²) in [7, 11) is 0. The van der Waals surface area contributed by atoms with Crippen molar-refractivity contribution >= 4 is 28.4 Å². The molecule has 0 saturated carbocycles. The van der Waals surface area contributed by atoms with E-state index in [0.717, 1.165) is 28.0 Å². The predicted molar refractivity (Wildman–Crippen MR) is 133 cm³/mol. The van der Waals surface area contributed by atoms with Crippen LogP contribution >= 0.6 is 0 Å². The van der Waals surface area contributed by atoms with Gasteiger partial charge in [-0.15, -0.1) is 0 Å². The van der Waals surface area contributed by atoms with E-state index in [1.807, 2.05) is 80.6 Å². The topological polar surface area (TPSA) is 62.1 Å². The molecule has 0 saturated heterocycles. The Morgan fingerprint density at radius 2 is 1.73 bits per heavy atom. The molecule has 0 aliphatic heterocycles. The molecule has 0 spiro atoms. The minimum atomic E-state index is -0.428. The van der Waals surface area contributed by atoms with Crippen molar-refractivity contribution in [3.05, 3.63) is 113 Å². The first-order valence-corrected chi connectivity index (χ1v) is 10.7. The van der Waals surface area contributed by atoms with Crippen LogP contribution in [0.4, 0.5) is 5.69 Å². The lowest BCUT2D eigenvalue weighted by atomic mass is 10.1. The third-order valence-corrected chi connectivity index (χ3v) is 5.47. The number of amides is 1. The van der Waals surface area contributed by atoms with Gasteiger partial charge in [0.1, 0.15) is 24.0 Å². The molecule has 0 heterocycles. The van der Waals surface area contributed by atoms with Gasteiger partial charge in [-0.05, 0) is 71.1 Å². The first-order chi connectivity index (χ1) is 16.0. The van der Waals surface area contributed by atoms with Crippen LogP contribution in [0.1, 0.15) is 22.3 Å². The molecule has 0 atom stereocenters. The molecule has 1 amide bonds. The van der Waals surface area contributed by atoms with Crippen LogP contribution < -0.4 is 10.1 Å². The maximum Gasteiger partial charge on any atom is 0.266 e. The monoisotopic (exact) mass is 432 g/mol. The number of anilines is 1. The van der Waals surface area contributed by atoms with Crippen molar-refractivity contribution in [1.29, 1.82) is 5.26 Å². The minimum absolute atomic E-state index is 0.0420. The summed E-state index contributed by atoms with van der Waals surface area (Å²) in [5.41, 5.74) is 4.60. The van der Waals surface area contributed by atoms with Crippen molar-refractivity contribution in [1.82, 2.24) is 0 Å². The number of rotatable bonds is 6. The van der Waals surface area contributed by atoms with Gasteiger partial charge in [-0.25, -0.2) is 0 Å². The quantitative estimate of drug-likeness (QED) is 0.276. The molecule has 0 fully saturated rings. The van der Waals surface area contributed by atoms with E-state index < -0.39 is 5.91 Å². The summed E-state index contributed by atoms with van der Waals surface area (Å²) in [5.74, 6) is 0.293. The molecule has 33 heavy (non-hydrogen) atoms. The summed E-state index contributed by atoms with van der Waals surface area (Å²) in [4.78, 5) is 12.6. The van der Waals surface area contributed by atoms with E-state index >= 15 is 0 Å². The Kier molecular flexibility index (Phi) is 6.52. The van der Waals surface area contributed by atoms with E-state index in [-0.39, 0.29) is 5.57 Å². The highest BCUT2D eigenvalue weighted by Crippen LogP contribution is 2.22. The molecule has 0 radical (unpaired) electrons. The third kappa shape index (κ3) is 5.28.